The SMILES string of the molecule is CN1[C@@H]2CC[C@H]1C(C(=O)c1ccccc1)[C@H](O)[C@@H]2C(=O)O.O=C(O)CCCC[C@@H]1SC[C@@H]2NC(=O)N[C@@H]21.O=C(O)CCCC[C@@H]1SC[C@@H]2NC(=O)N[C@@H]21. The van der Waals surface area contributed by atoms with E-state index in [4.69, 9.17) is 10.2 Å². The summed E-state index contributed by atoms with van der Waals surface area (Å²) in [6.07, 6.45) is 6.11. The molecule has 0 radical (unpaired) electrons. The van der Waals surface area contributed by atoms with Crippen molar-refractivity contribution in [2.24, 2.45) is 11.8 Å². The smallest absolute Gasteiger partial charge is 0.315 e. The maximum atomic E-state index is 12.7. The first kappa shape index (κ1) is 40.6. The Balaban J connectivity index is 0.000000156. The van der Waals surface area contributed by atoms with Crippen LogP contribution in [0.4, 0.5) is 9.59 Å². The van der Waals surface area contributed by atoms with Crippen molar-refractivity contribution in [2.45, 2.75) is 117 Å². The van der Waals surface area contributed by atoms with Gasteiger partial charge in [0.25, 0.3) is 0 Å². The predicted octanol–water partition coefficient (Wildman–Crippen LogP) is 2.62. The summed E-state index contributed by atoms with van der Waals surface area (Å²) in [5.74, 6) is -2.28. The highest BCUT2D eigenvalue weighted by Crippen LogP contribution is 2.43. The number of unbranched alkanes of at least 4 members (excludes halogenated alkanes) is 2. The fraction of sp³-hybridized carbons (Fsp3) is 0.667. The number of carbonyl (C=O) groups is 6. The van der Waals surface area contributed by atoms with Gasteiger partial charge in [0.05, 0.1) is 42.1 Å². The Bertz CT molecular complexity index is 1430. The number of rotatable bonds is 13. The van der Waals surface area contributed by atoms with Gasteiger partial charge in [0, 0.05) is 52.5 Å². The number of piperidine rings is 1. The Morgan fingerprint density at radius 2 is 1.19 bits per heavy atom. The van der Waals surface area contributed by atoms with Crippen molar-refractivity contribution in [3.63, 3.8) is 0 Å². The van der Waals surface area contributed by atoms with Gasteiger partial charge in [-0.1, -0.05) is 43.2 Å². The molecule has 2 bridgehead atoms. The quantitative estimate of drug-likeness (QED) is 0.0819. The zero-order valence-electron chi connectivity index (χ0n) is 29.7. The van der Waals surface area contributed by atoms with E-state index in [9.17, 15) is 39.0 Å². The first-order valence-electron chi connectivity index (χ1n) is 18.4. The van der Waals surface area contributed by atoms with Crippen LogP contribution in [0.25, 0.3) is 0 Å². The van der Waals surface area contributed by atoms with Crippen LogP contribution in [0.15, 0.2) is 30.3 Å². The Morgan fingerprint density at radius 3 is 1.64 bits per heavy atom. The summed E-state index contributed by atoms with van der Waals surface area (Å²) in [5, 5.41) is 49.5. The van der Waals surface area contributed by atoms with Gasteiger partial charge in [-0.15, -0.1) is 0 Å². The summed E-state index contributed by atoms with van der Waals surface area (Å²) in [6, 6.07) is 9.43. The minimum Gasteiger partial charge on any atom is -0.481 e. The molecular weight excluding hydrogens is 727 g/mol. The van der Waals surface area contributed by atoms with E-state index in [1.807, 2.05) is 41.5 Å². The molecule has 53 heavy (non-hydrogen) atoms. The van der Waals surface area contributed by atoms with Gasteiger partial charge in [0.1, 0.15) is 0 Å². The molecule has 17 heteroatoms. The second-order valence-corrected chi connectivity index (χ2v) is 17.1. The summed E-state index contributed by atoms with van der Waals surface area (Å²) in [6.45, 7) is 0. The van der Waals surface area contributed by atoms with E-state index >= 15 is 0 Å². The lowest BCUT2D eigenvalue weighted by Gasteiger charge is -2.43. The number of aliphatic hydroxyl groups is 1. The number of carboxylic acid groups (broad SMARTS) is 3. The zero-order valence-corrected chi connectivity index (χ0v) is 31.4. The normalized spacial score (nSPS) is 33.4. The van der Waals surface area contributed by atoms with Crippen molar-refractivity contribution >= 4 is 59.3 Å². The number of fused-ring (bicyclic) bond motifs is 4. The van der Waals surface area contributed by atoms with Gasteiger partial charge in [-0.25, -0.2) is 9.59 Å². The molecule has 7 rings (SSSR count). The summed E-state index contributed by atoms with van der Waals surface area (Å²) in [7, 11) is 1.86. The molecule has 6 saturated heterocycles. The van der Waals surface area contributed by atoms with Crippen molar-refractivity contribution in [3.05, 3.63) is 35.9 Å². The average Bonchev–Trinajstić information content (AvgIpc) is 3.91. The molecule has 6 fully saturated rings. The van der Waals surface area contributed by atoms with Crippen LogP contribution in [0, 0.1) is 11.8 Å². The van der Waals surface area contributed by atoms with Crippen molar-refractivity contribution in [1.82, 2.24) is 26.2 Å². The molecule has 6 aliphatic heterocycles. The second-order valence-electron chi connectivity index (χ2n) is 14.5. The number of nitrogens with zero attached hydrogens (tertiary/aromatic N) is 1. The lowest BCUT2D eigenvalue weighted by molar-refractivity contribution is -0.154. The lowest BCUT2D eigenvalue weighted by Crippen LogP contribution is -2.59. The van der Waals surface area contributed by atoms with Crippen LogP contribution in [0.5, 0.6) is 0 Å². The number of thioether (sulfide) groups is 2. The minimum atomic E-state index is -1.12. The molecule has 15 nitrogen and oxygen atoms in total. The van der Waals surface area contributed by atoms with Gasteiger partial charge in [-0.3, -0.25) is 24.1 Å². The second kappa shape index (κ2) is 18.7. The van der Waals surface area contributed by atoms with Crippen LogP contribution in [0.1, 0.15) is 74.6 Å². The third kappa shape index (κ3) is 10.2. The molecule has 6 heterocycles. The molecule has 11 atom stereocenters. The average molecular weight is 778 g/mol. The minimum absolute atomic E-state index is 0.0640. The Labute approximate surface area is 317 Å². The van der Waals surface area contributed by atoms with E-state index in [2.05, 4.69) is 21.3 Å². The van der Waals surface area contributed by atoms with Crippen LogP contribution in [-0.2, 0) is 14.4 Å². The van der Waals surface area contributed by atoms with Crippen molar-refractivity contribution in [1.29, 1.82) is 0 Å². The van der Waals surface area contributed by atoms with Crippen molar-refractivity contribution in [2.75, 3.05) is 18.6 Å². The van der Waals surface area contributed by atoms with Gasteiger partial charge in [-0.05, 0) is 45.6 Å². The third-order valence-electron chi connectivity index (χ3n) is 11.2. The van der Waals surface area contributed by atoms with Crippen molar-refractivity contribution in [3.8, 4) is 0 Å². The summed E-state index contributed by atoms with van der Waals surface area (Å²) in [5.41, 5.74) is 0.532. The molecule has 0 aliphatic carbocycles. The number of carboxylic acids is 3. The van der Waals surface area contributed by atoms with Crippen LogP contribution in [0.3, 0.4) is 0 Å². The molecule has 292 valence electrons. The van der Waals surface area contributed by atoms with E-state index in [1.165, 1.54) is 0 Å². The van der Waals surface area contributed by atoms with Gasteiger partial charge in [0.15, 0.2) is 5.78 Å². The topological polar surface area (TPSA) is 235 Å². The van der Waals surface area contributed by atoms with Gasteiger partial charge < -0.3 is 41.7 Å². The molecular formula is C36H51N5O10S2. The highest BCUT2D eigenvalue weighted by atomic mass is 32.2. The number of aliphatic carboxylic acids is 3. The number of benzene rings is 1. The summed E-state index contributed by atoms with van der Waals surface area (Å²) in [4.78, 5) is 69.1. The van der Waals surface area contributed by atoms with E-state index in [0.717, 1.165) is 56.5 Å². The Morgan fingerprint density at radius 1 is 0.717 bits per heavy atom. The highest BCUT2D eigenvalue weighted by Gasteiger charge is 2.56. The number of hydrogen-bond donors (Lipinski definition) is 8. The Kier molecular flexibility index (Phi) is 14.3. The fourth-order valence-corrected chi connectivity index (χ4v) is 11.6. The number of nitrogens with one attached hydrogen (secondary N) is 4. The third-order valence-corrected chi connectivity index (χ3v) is 14.2. The van der Waals surface area contributed by atoms with E-state index in [1.54, 1.807) is 24.3 Å². The standard InChI is InChI=1S/C16H19NO4.2C10H16N2O3S/c1-17-10-7-8-11(17)13(16(20)21)15(19)12(10)14(18)9-5-3-2-4-6-9;2*13-8(14)4-2-1-3-7-9-6(5-16-7)11-10(15)12-9/h2-6,10-13,15,19H,7-8H2,1H3,(H,20,21);2*6-7,9H,1-5H2,(H,13,14)(H2,11,12,15)/t10-,11+,12?,13+,15-;2*6-,7-,9-/m000/s1. The van der Waals surface area contributed by atoms with E-state index in [0.29, 0.717) is 22.5 Å². The molecule has 8 N–H and O–H groups in total. The lowest BCUT2D eigenvalue weighted by atomic mass is 9.76. The number of carbonyl (C=O) groups excluding carboxylic acids is 3. The fourth-order valence-electron chi connectivity index (χ4n) is 8.50. The number of hydrogen-bond acceptors (Lipinski definition) is 10. The van der Waals surface area contributed by atoms with Crippen LogP contribution in [0.2, 0.25) is 0 Å². The number of urea groups is 2. The Hall–Kier alpha value is -3.54. The molecule has 0 spiro atoms. The molecule has 1 aromatic carbocycles. The maximum absolute atomic E-state index is 12.7. The van der Waals surface area contributed by atoms with Gasteiger partial charge in [-0.2, -0.15) is 23.5 Å². The first-order chi connectivity index (χ1) is 25.3. The van der Waals surface area contributed by atoms with Gasteiger partial charge in [0.2, 0.25) is 0 Å². The largest absolute Gasteiger partial charge is 0.481 e. The molecule has 0 saturated carbocycles. The highest BCUT2D eigenvalue weighted by molar-refractivity contribution is 8.00. The predicted molar refractivity (Wildman–Crippen MR) is 199 cm³/mol. The van der Waals surface area contributed by atoms with Gasteiger partial charge >= 0.3 is 30.0 Å². The number of amides is 4. The van der Waals surface area contributed by atoms with Crippen LogP contribution < -0.4 is 21.3 Å². The van der Waals surface area contributed by atoms with E-state index in [-0.39, 0.29) is 66.9 Å². The molecule has 6 aliphatic rings. The first-order valence-corrected chi connectivity index (χ1v) is 20.5. The zero-order chi connectivity index (χ0) is 38.2. The number of Topliss-reactive ketones (excluding diaryl/α,β-unsaturated/α-hetero) is 1. The van der Waals surface area contributed by atoms with Crippen LogP contribution >= 0.6 is 23.5 Å². The molecule has 1 aromatic rings. The monoisotopic (exact) mass is 777 g/mol. The van der Waals surface area contributed by atoms with Crippen LogP contribution in [-0.4, -0.2) is 132 Å². The molecule has 0 aromatic heterocycles. The molecule has 4 amide bonds. The van der Waals surface area contributed by atoms with Crippen molar-refractivity contribution < 1.29 is 49.2 Å². The number of ketones is 1. The summed E-state index contributed by atoms with van der Waals surface area (Å²) >= 11 is 3.74. The number of aliphatic hydroxyl groups excluding tert-OH is 1. The van der Waals surface area contributed by atoms with E-state index < -0.39 is 35.8 Å². The maximum Gasteiger partial charge on any atom is 0.315 e. The summed E-state index contributed by atoms with van der Waals surface area (Å²) < 4.78 is 0. The molecule has 1 unspecified atom stereocenters.